The van der Waals surface area contributed by atoms with Crippen LogP contribution in [0.4, 0.5) is 0 Å². The van der Waals surface area contributed by atoms with Gasteiger partial charge in [-0.3, -0.25) is 0 Å². The van der Waals surface area contributed by atoms with E-state index in [4.69, 9.17) is 20.4 Å². The smallest absolute Gasteiger partial charge is 0.323 e. The van der Waals surface area contributed by atoms with E-state index in [0.29, 0.717) is 41.6 Å². The number of aromatic nitrogens is 5. The van der Waals surface area contributed by atoms with Crippen molar-refractivity contribution in [1.29, 1.82) is 0 Å². The molecule has 2 aliphatic rings. The summed E-state index contributed by atoms with van der Waals surface area (Å²) < 4.78 is 7.20. The molecule has 0 radical (unpaired) electrons. The molecule has 3 aromatic heterocycles. The summed E-state index contributed by atoms with van der Waals surface area (Å²) >= 11 is 0. The number of aliphatic hydroxyl groups is 1. The Labute approximate surface area is 207 Å². The van der Waals surface area contributed by atoms with Gasteiger partial charge in [0.25, 0.3) is 0 Å². The molecule has 0 spiro atoms. The van der Waals surface area contributed by atoms with Gasteiger partial charge in [0.15, 0.2) is 11.3 Å². The second-order valence-electron chi connectivity index (χ2n) is 10.2. The fourth-order valence-corrected chi connectivity index (χ4v) is 5.70. The Kier molecular flexibility index (Phi) is 4.49. The molecule has 5 aromatic rings. The van der Waals surface area contributed by atoms with Gasteiger partial charge in [0.05, 0.1) is 24.1 Å². The average molecular weight is 479 g/mol. The minimum Gasteiger partial charge on any atom is -0.467 e. The maximum Gasteiger partial charge on any atom is 0.323 e. The van der Waals surface area contributed by atoms with Crippen LogP contribution >= 0.6 is 0 Å². The zero-order valence-corrected chi connectivity index (χ0v) is 19.9. The number of methoxy groups -OCH3 is 1. The van der Waals surface area contributed by atoms with E-state index >= 15 is 0 Å². The summed E-state index contributed by atoms with van der Waals surface area (Å²) in [6.45, 7) is 0. The van der Waals surface area contributed by atoms with Gasteiger partial charge >= 0.3 is 6.01 Å². The standard InChI is InChI=1S/C28H26N6O2/c1-36-26-33-32-22-14-13-21-25(34(22)26)31-24(17-5-3-2-4-6-17)23(30-21)18-7-9-19(10-8-18)27(29)15-28(35,16-27)20-11-12-20/h2-10,13-14,20,35H,11-12,15-16,29H2,1H3/t27-,28-. The molecule has 2 aliphatic carbocycles. The first kappa shape index (κ1) is 21.4. The average Bonchev–Trinajstić information content (AvgIpc) is 3.67. The number of hydrogen-bond donors (Lipinski definition) is 2. The highest BCUT2D eigenvalue weighted by atomic mass is 16.5. The predicted molar refractivity (Wildman–Crippen MR) is 136 cm³/mol. The first-order chi connectivity index (χ1) is 17.5. The van der Waals surface area contributed by atoms with Gasteiger partial charge in [-0.15, -0.1) is 5.10 Å². The molecule has 2 fully saturated rings. The van der Waals surface area contributed by atoms with Crippen LogP contribution in [-0.2, 0) is 5.54 Å². The highest BCUT2D eigenvalue weighted by Gasteiger charge is 2.58. The number of benzene rings is 2. The third-order valence-corrected chi connectivity index (χ3v) is 7.71. The van der Waals surface area contributed by atoms with E-state index in [2.05, 4.69) is 34.5 Å². The molecule has 3 N–H and O–H groups in total. The molecule has 0 amide bonds. The van der Waals surface area contributed by atoms with Crippen molar-refractivity contribution < 1.29 is 9.84 Å². The summed E-state index contributed by atoms with van der Waals surface area (Å²) in [6.07, 6.45) is 3.46. The van der Waals surface area contributed by atoms with E-state index in [1.807, 2.05) is 42.5 Å². The Hall–Kier alpha value is -3.88. The highest BCUT2D eigenvalue weighted by molar-refractivity contribution is 5.86. The maximum atomic E-state index is 10.8. The Morgan fingerprint density at radius 3 is 2.28 bits per heavy atom. The van der Waals surface area contributed by atoms with E-state index in [1.165, 1.54) is 0 Å². The third kappa shape index (κ3) is 3.22. The topological polar surface area (TPSA) is 111 Å². The highest BCUT2D eigenvalue weighted by Crippen LogP contribution is 2.57. The second-order valence-corrected chi connectivity index (χ2v) is 10.2. The van der Waals surface area contributed by atoms with Gasteiger partial charge in [0.1, 0.15) is 5.52 Å². The molecular formula is C28H26N6O2. The number of nitrogens with zero attached hydrogens (tertiary/aromatic N) is 5. The molecule has 36 heavy (non-hydrogen) atoms. The van der Waals surface area contributed by atoms with Crippen LogP contribution < -0.4 is 10.5 Å². The lowest BCUT2D eigenvalue weighted by molar-refractivity contribution is -0.106. The lowest BCUT2D eigenvalue weighted by atomic mass is 9.60. The lowest BCUT2D eigenvalue weighted by Crippen LogP contribution is -2.60. The van der Waals surface area contributed by atoms with Crippen LogP contribution in [0.2, 0.25) is 0 Å². The number of hydrogen-bond acceptors (Lipinski definition) is 7. The summed E-state index contributed by atoms with van der Waals surface area (Å²) in [5.74, 6) is 0.422. The van der Waals surface area contributed by atoms with Gasteiger partial charge in [0.2, 0.25) is 0 Å². The second kappa shape index (κ2) is 7.56. The molecular weight excluding hydrogens is 452 g/mol. The number of fused-ring (bicyclic) bond motifs is 3. The Morgan fingerprint density at radius 2 is 1.58 bits per heavy atom. The van der Waals surface area contributed by atoms with Crippen molar-refractivity contribution in [3.05, 3.63) is 72.3 Å². The minimum absolute atomic E-state index is 0.362. The molecule has 0 unspecified atom stereocenters. The zero-order valence-electron chi connectivity index (χ0n) is 19.9. The molecule has 3 heterocycles. The van der Waals surface area contributed by atoms with Crippen molar-refractivity contribution in [1.82, 2.24) is 24.6 Å². The summed E-state index contributed by atoms with van der Waals surface area (Å²) in [6, 6.07) is 22.4. The molecule has 2 aromatic carbocycles. The van der Waals surface area contributed by atoms with Crippen molar-refractivity contribution >= 4 is 16.8 Å². The number of pyridine rings is 1. The SMILES string of the molecule is COc1nnc2ccc3nc(-c4ccc([C@]5(N)C[C@@](O)(C6CC6)C5)cc4)c(-c4ccccc4)nc3n12. The lowest BCUT2D eigenvalue weighted by Gasteiger charge is -2.52. The van der Waals surface area contributed by atoms with Crippen molar-refractivity contribution in [2.45, 2.75) is 36.8 Å². The molecule has 0 saturated heterocycles. The first-order valence-corrected chi connectivity index (χ1v) is 12.2. The van der Waals surface area contributed by atoms with E-state index in [9.17, 15) is 5.11 Å². The van der Waals surface area contributed by atoms with E-state index in [0.717, 1.165) is 40.9 Å². The zero-order chi connectivity index (χ0) is 24.5. The van der Waals surface area contributed by atoms with E-state index in [-0.39, 0.29) is 0 Å². The van der Waals surface area contributed by atoms with Crippen LogP contribution in [0, 0.1) is 5.92 Å². The van der Waals surface area contributed by atoms with Gasteiger partial charge in [-0.05, 0) is 49.3 Å². The summed E-state index contributed by atoms with van der Waals surface area (Å²) in [5.41, 5.74) is 12.1. The number of nitrogens with two attached hydrogens (primary N) is 1. The summed E-state index contributed by atoms with van der Waals surface area (Å²) in [4.78, 5) is 10.1. The molecule has 180 valence electrons. The quantitative estimate of drug-likeness (QED) is 0.391. The van der Waals surface area contributed by atoms with Crippen LogP contribution in [0.5, 0.6) is 6.01 Å². The van der Waals surface area contributed by atoms with Gasteiger partial charge in [-0.2, -0.15) is 0 Å². The van der Waals surface area contributed by atoms with E-state index < -0.39 is 11.1 Å². The van der Waals surface area contributed by atoms with Gasteiger partial charge in [-0.25, -0.2) is 14.4 Å². The Morgan fingerprint density at radius 1 is 0.889 bits per heavy atom. The van der Waals surface area contributed by atoms with Crippen LogP contribution in [0.3, 0.4) is 0 Å². The number of ether oxygens (including phenoxy) is 1. The minimum atomic E-state index is -0.591. The van der Waals surface area contributed by atoms with Gasteiger partial charge < -0.3 is 15.6 Å². The Balaban J connectivity index is 1.35. The largest absolute Gasteiger partial charge is 0.467 e. The number of rotatable bonds is 5. The first-order valence-electron chi connectivity index (χ1n) is 12.2. The fourth-order valence-electron chi connectivity index (χ4n) is 5.70. The van der Waals surface area contributed by atoms with E-state index in [1.54, 1.807) is 11.5 Å². The van der Waals surface area contributed by atoms with Crippen molar-refractivity contribution in [2.24, 2.45) is 11.7 Å². The Bertz CT molecular complexity index is 1600. The third-order valence-electron chi connectivity index (χ3n) is 7.71. The van der Waals surface area contributed by atoms with Crippen LogP contribution in [0.25, 0.3) is 39.3 Å². The van der Waals surface area contributed by atoms with Crippen LogP contribution in [0.15, 0.2) is 66.7 Å². The molecule has 0 atom stereocenters. The van der Waals surface area contributed by atoms with Gasteiger partial charge in [-0.1, -0.05) is 59.7 Å². The molecule has 0 aliphatic heterocycles. The molecule has 2 saturated carbocycles. The molecule has 0 bridgehead atoms. The normalized spacial score (nSPS) is 23.6. The summed E-state index contributed by atoms with van der Waals surface area (Å²) in [5, 5.41) is 19.1. The molecule has 7 rings (SSSR count). The maximum absolute atomic E-state index is 10.8. The van der Waals surface area contributed by atoms with Crippen molar-refractivity contribution in [3.8, 4) is 28.5 Å². The van der Waals surface area contributed by atoms with Crippen LogP contribution in [0.1, 0.15) is 31.2 Å². The fraction of sp³-hybridized carbons (Fsp3) is 0.286. The predicted octanol–water partition coefficient (Wildman–Crippen LogP) is 4.10. The van der Waals surface area contributed by atoms with Crippen molar-refractivity contribution in [2.75, 3.05) is 7.11 Å². The van der Waals surface area contributed by atoms with Gasteiger partial charge in [0, 0.05) is 16.7 Å². The monoisotopic (exact) mass is 478 g/mol. The summed E-state index contributed by atoms with van der Waals surface area (Å²) in [7, 11) is 1.56. The molecule has 8 nitrogen and oxygen atoms in total. The van der Waals surface area contributed by atoms with Crippen LogP contribution in [-0.4, -0.2) is 42.4 Å². The van der Waals surface area contributed by atoms with Crippen molar-refractivity contribution in [3.63, 3.8) is 0 Å². The molecule has 8 heteroatoms.